The minimum atomic E-state index is -5.04. The second kappa shape index (κ2) is 9.87. The van der Waals surface area contributed by atoms with E-state index in [1.165, 1.54) is 0 Å². The molecule has 31 heavy (non-hydrogen) atoms. The summed E-state index contributed by atoms with van der Waals surface area (Å²) in [4.78, 5) is 0. The highest BCUT2D eigenvalue weighted by molar-refractivity contribution is 6.20. The van der Waals surface area contributed by atoms with Crippen LogP contribution in [0.25, 0.3) is 0 Å². The van der Waals surface area contributed by atoms with E-state index in [0.717, 1.165) is 12.8 Å². The molecule has 0 amide bonds. The first-order chi connectivity index (χ1) is 14.4. The standard InChI is InChI=1S/C20H27ClF8O2/c21-12-3-1-10(2-4-12)11-7-15(23)18(16(24)8-11)19(25,26)30-13-5-6-17(14(22)9-13)31-20(27,28)29/h10-18H,1-9H2. The van der Waals surface area contributed by atoms with Crippen LogP contribution in [0.5, 0.6) is 0 Å². The normalized spacial score (nSPS) is 43.1. The lowest BCUT2D eigenvalue weighted by molar-refractivity contribution is -0.359. The molecule has 2 nitrogen and oxygen atoms in total. The number of hydrogen-bond acceptors (Lipinski definition) is 2. The number of alkyl halides is 9. The fourth-order valence-electron chi connectivity index (χ4n) is 5.31. The summed E-state index contributed by atoms with van der Waals surface area (Å²) < 4.78 is 118. The fraction of sp³-hybridized carbons (Fsp3) is 1.00. The Morgan fingerprint density at radius 2 is 1.23 bits per heavy atom. The number of hydrogen-bond donors (Lipinski definition) is 0. The van der Waals surface area contributed by atoms with Crippen LogP contribution in [0.15, 0.2) is 0 Å². The van der Waals surface area contributed by atoms with Gasteiger partial charge in [-0.2, -0.15) is 8.78 Å². The summed E-state index contributed by atoms with van der Waals surface area (Å²) in [6, 6.07) is 0. The maximum absolute atomic E-state index is 14.7. The van der Waals surface area contributed by atoms with E-state index in [9.17, 15) is 35.1 Å². The maximum atomic E-state index is 14.7. The lowest BCUT2D eigenvalue weighted by Gasteiger charge is -2.43. The average Bonchev–Trinajstić information content (AvgIpc) is 2.62. The van der Waals surface area contributed by atoms with E-state index in [1.807, 2.05) is 0 Å². The lowest BCUT2D eigenvalue weighted by Crippen LogP contribution is -2.51. The third kappa shape index (κ3) is 6.59. The smallest absolute Gasteiger partial charge is 0.317 e. The van der Waals surface area contributed by atoms with Crippen LogP contribution in [0.2, 0.25) is 0 Å². The van der Waals surface area contributed by atoms with Gasteiger partial charge in [0.25, 0.3) is 0 Å². The molecule has 0 aromatic rings. The van der Waals surface area contributed by atoms with Crippen LogP contribution >= 0.6 is 11.6 Å². The van der Waals surface area contributed by atoms with Crippen LogP contribution in [0.3, 0.4) is 0 Å². The third-order valence-electron chi connectivity index (χ3n) is 6.86. The van der Waals surface area contributed by atoms with E-state index in [1.54, 1.807) is 0 Å². The van der Waals surface area contributed by atoms with Crippen molar-refractivity contribution in [2.75, 3.05) is 0 Å². The van der Waals surface area contributed by atoms with Gasteiger partial charge in [-0.05, 0) is 63.2 Å². The molecular formula is C20H27ClF8O2. The Balaban J connectivity index is 1.55. The van der Waals surface area contributed by atoms with Gasteiger partial charge in [-0.3, -0.25) is 4.74 Å². The highest BCUT2D eigenvalue weighted by atomic mass is 35.5. The van der Waals surface area contributed by atoms with Gasteiger partial charge in [0.2, 0.25) is 0 Å². The summed E-state index contributed by atoms with van der Waals surface area (Å²) in [6.07, 6.45) is -18.1. The van der Waals surface area contributed by atoms with Crippen LogP contribution in [0, 0.1) is 17.8 Å². The van der Waals surface area contributed by atoms with Gasteiger partial charge in [-0.25, -0.2) is 13.2 Å². The SMILES string of the molecule is FC1CC(OC(F)(F)C2C(F)CC(C3CCC(Cl)CC3)CC2F)CCC1OC(F)(F)F. The van der Waals surface area contributed by atoms with E-state index < -0.39 is 62.0 Å². The highest BCUT2D eigenvalue weighted by Crippen LogP contribution is 2.48. The Morgan fingerprint density at radius 1 is 0.645 bits per heavy atom. The zero-order valence-electron chi connectivity index (χ0n) is 16.8. The Labute approximate surface area is 181 Å². The first kappa shape index (κ1) is 25.3. The summed E-state index contributed by atoms with van der Waals surface area (Å²) in [5.74, 6) is -2.64. The molecule has 0 spiro atoms. The molecule has 0 aliphatic heterocycles. The van der Waals surface area contributed by atoms with Gasteiger partial charge < -0.3 is 4.74 Å². The van der Waals surface area contributed by atoms with Crippen LogP contribution < -0.4 is 0 Å². The Hall–Kier alpha value is -0.350. The second-order valence-electron chi connectivity index (χ2n) is 9.03. The molecule has 5 atom stereocenters. The molecule has 3 aliphatic carbocycles. The quantitative estimate of drug-likeness (QED) is 0.311. The van der Waals surface area contributed by atoms with Gasteiger partial charge in [0, 0.05) is 11.8 Å². The summed E-state index contributed by atoms with van der Waals surface area (Å²) in [6.45, 7) is 0. The average molecular weight is 487 g/mol. The van der Waals surface area contributed by atoms with Gasteiger partial charge in [0.05, 0.1) is 12.2 Å². The van der Waals surface area contributed by atoms with Crippen LogP contribution in [0.1, 0.15) is 57.8 Å². The molecule has 3 fully saturated rings. The van der Waals surface area contributed by atoms with Crippen molar-refractivity contribution in [1.82, 2.24) is 0 Å². The number of halogens is 9. The largest absolute Gasteiger partial charge is 0.522 e. The zero-order valence-corrected chi connectivity index (χ0v) is 17.5. The van der Waals surface area contributed by atoms with Crippen LogP contribution in [-0.2, 0) is 9.47 Å². The zero-order chi connectivity index (χ0) is 23.0. The lowest BCUT2D eigenvalue weighted by atomic mass is 9.69. The van der Waals surface area contributed by atoms with Gasteiger partial charge in [0.1, 0.15) is 24.4 Å². The summed E-state index contributed by atoms with van der Waals surface area (Å²) in [5, 5.41) is 0.0311. The molecule has 0 heterocycles. The molecule has 3 aliphatic rings. The predicted molar refractivity (Wildman–Crippen MR) is 97.1 cm³/mol. The van der Waals surface area contributed by atoms with E-state index in [4.69, 9.17) is 11.6 Å². The molecule has 3 saturated carbocycles. The van der Waals surface area contributed by atoms with Crippen molar-refractivity contribution in [3.05, 3.63) is 0 Å². The molecule has 0 aromatic carbocycles. The van der Waals surface area contributed by atoms with Crippen molar-refractivity contribution in [1.29, 1.82) is 0 Å². The van der Waals surface area contributed by atoms with Gasteiger partial charge in [-0.15, -0.1) is 24.8 Å². The van der Waals surface area contributed by atoms with E-state index in [2.05, 4.69) is 9.47 Å². The molecule has 0 aromatic heterocycles. The van der Waals surface area contributed by atoms with Gasteiger partial charge in [-0.1, -0.05) is 0 Å². The first-order valence-corrected chi connectivity index (χ1v) is 11.2. The molecule has 0 bridgehead atoms. The van der Waals surface area contributed by atoms with Crippen molar-refractivity contribution in [3.8, 4) is 0 Å². The monoisotopic (exact) mass is 486 g/mol. The van der Waals surface area contributed by atoms with Crippen LogP contribution in [0.4, 0.5) is 35.1 Å². The molecule has 11 heteroatoms. The Bertz CT molecular complexity index is 572. The minimum absolute atomic E-state index is 0.0311. The molecule has 0 radical (unpaired) electrons. The van der Waals surface area contributed by atoms with E-state index in [-0.39, 0.29) is 36.5 Å². The number of rotatable bonds is 5. The molecule has 182 valence electrons. The molecule has 0 saturated heterocycles. The van der Waals surface area contributed by atoms with Crippen molar-refractivity contribution < 1.29 is 44.6 Å². The molecule has 3 rings (SSSR count). The van der Waals surface area contributed by atoms with Gasteiger partial charge in [0.15, 0.2) is 0 Å². The minimum Gasteiger partial charge on any atom is -0.317 e. The van der Waals surface area contributed by atoms with E-state index >= 15 is 0 Å². The van der Waals surface area contributed by atoms with Crippen molar-refractivity contribution in [2.24, 2.45) is 17.8 Å². The molecule has 0 N–H and O–H groups in total. The van der Waals surface area contributed by atoms with Gasteiger partial charge >= 0.3 is 12.5 Å². The van der Waals surface area contributed by atoms with Crippen molar-refractivity contribution >= 4 is 11.6 Å². The summed E-state index contributed by atoms with van der Waals surface area (Å²) in [7, 11) is 0. The summed E-state index contributed by atoms with van der Waals surface area (Å²) >= 11 is 6.05. The number of ether oxygens (including phenoxy) is 2. The Kier molecular flexibility index (Phi) is 8.05. The van der Waals surface area contributed by atoms with Crippen molar-refractivity contribution in [3.63, 3.8) is 0 Å². The topological polar surface area (TPSA) is 18.5 Å². The molecular weight excluding hydrogens is 460 g/mol. The first-order valence-electron chi connectivity index (χ1n) is 10.7. The van der Waals surface area contributed by atoms with Crippen LogP contribution in [-0.4, -0.2) is 48.6 Å². The van der Waals surface area contributed by atoms with E-state index in [0.29, 0.717) is 12.8 Å². The maximum Gasteiger partial charge on any atom is 0.522 e. The Morgan fingerprint density at radius 3 is 1.74 bits per heavy atom. The van der Waals surface area contributed by atoms with Crippen molar-refractivity contribution in [2.45, 2.75) is 106 Å². The third-order valence-corrected chi connectivity index (χ3v) is 7.30. The fourth-order valence-corrected chi connectivity index (χ4v) is 5.57. The summed E-state index contributed by atoms with van der Waals surface area (Å²) in [5.41, 5.74) is 0. The highest BCUT2D eigenvalue weighted by Gasteiger charge is 2.56. The molecule has 5 unspecified atom stereocenters. The second-order valence-corrected chi connectivity index (χ2v) is 9.65. The predicted octanol–water partition coefficient (Wildman–Crippen LogP) is 6.89.